The fourth-order valence-electron chi connectivity index (χ4n) is 2.49. The molecule has 1 aliphatic rings. The lowest BCUT2D eigenvalue weighted by atomic mass is 9.95. The molecule has 1 atom stereocenters. The van der Waals surface area contributed by atoms with Crippen LogP contribution in [0.2, 0.25) is 0 Å². The summed E-state index contributed by atoms with van der Waals surface area (Å²) in [5.41, 5.74) is 4.69. The molecule has 2 aromatic carbocycles. The molecular formula is C18H18N2. The summed E-state index contributed by atoms with van der Waals surface area (Å²) in [4.78, 5) is 0. The summed E-state index contributed by atoms with van der Waals surface area (Å²) in [6, 6.07) is 16.6. The van der Waals surface area contributed by atoms with Crippen LogP contribution in [0.15, 0.2) is 73.0 Å². The highest BCUT2D eigenvalue weighted by Gasteiger charge is 2.13. The summed E-state index contributed by atoms with van der Waals surface area (Å²) >= 11 is 0. The SMILES string of the molecule is CC1/C=C\C=C/Nc2cccc(Nc3ccccc3)c21. The van der Waals surface area contributed by atoms with Crippen molar-refractivity contribution in [3.05, 3.63) is 78.5 Å². The van der Waals surface area contributed by atoms with Crippen LogP contribution in [-0.4, -0.2) is 0 Å². The minimum absolute atomic E-state index is 0.356. The molecule has 0 bridgehead atoms. The van der Waals surface area contributed by atoms with Gasteiger partial charge in [-0.25, -0.2) is 0 Å². The monoisotopic (exact) mass is 262 g/mol. The summed E-state index contributed by atoms with van der Waals surface area (Å²) < 4.78 is 0. The second kappa shape index (κ2) is 5.66. The van der Waals surface area contributed by atoms with E-state index in [1.54, 1.807) is 0 Å². The smallest absolute Gasteiger partial charge is 0.0443 e. The van der Waals surface area contributed by atoms with Crippen LogP contribution < -0.4 is 10.6 Å². The lowest BCUT2D eigenvalue weighted by Gasteiger charge is -2.20. The minimum Gasteiger partial charge on any atom is -0.361 e. The van der Waals surface area contributed by atoms with E-state index in [9.17, 15) is 0 Å². The van der Waals surface area contributed by atoms with Gasteiger partial charge in [-0.05, 0) is 30.3 Å². The Morgan fingerprint density at radius 2 is 1.80 bits per heavy atom. The lowest BCUT2D eigenvalue weighted by molar-refractivity contribution is 0.970. The van der Waals surface area contributed by atoms with Crippen LogP contribution >= 0.6 is 0 Å². The zero-order valence-corrected chi connectivity index (χ0v) is 11.5. The Kier molecular flexibility index (Phi) is 3.55. The van der Waals surface area contributed by atoms with Gasteiger partial charge in [0.05, 0.1) is 0 Å². The lowest BCUT2D eigenvalue weighted by Crippen LogP contribution is -2.04. The van der Waals surface area contributed by atoms with E-state index >= 15 is 0 Å². The summed E-state index contributed by atoms with van der Waals surface area (Å²) in [6.07, 6.45) is 8.29. The zero-order chi connectivity index (χ0) is 13.8. The molecule has 1 unspecified atom stereocenters. The molecule has 20 heavy (non-hydrogen) atoms. The first kappa shape index (κ1) is 12.5. The minimum atomic E-state index is 0.356. The van der Waals surface area contributed by atoms with E-state index in [-0.39, 0.29) is 0 Å². The number of benzene rings is 2. The van der Waals surface area contributed by atoms with Gasteiger partial charge in [-0.3, -0.25) is 0 Å². The maximum atomic E-state index is 3.51. The Morgan fingerprint density at radius 1 is 0.950 bits per heavy atom. The maximum absolute atomic E-state index is 3.51. The van der Waals surface area contributed by atoms with Gasteiger partial charge in [0.2, 0.25) is 0 Å². The van der Waals surface area contributed by atoms with E-state index in [1.807, 2.05) is 30.5 Å². The number of nitrogens with one attached hydrogen (secondary N) is 2. The molecule has 0 aliphatic carbocycles. The van der Waals surface area contributed by atoms with Crippen LogP contribution in [0.25, 0.3) is 0 Å². The standard InChI is InChI=1S/C18H18N2/c1-14-8-5-6-13-19-16-11-7-12-17(18(14)16)20-15-9-3-2-4-10-15/h2-14,19-20H,1H3/b8-5-,13-6-. The van der Waals surface area contributed by atoms with Crippen molar-refractivity contribution < 1.29 is 0 Å². The predicted octanol–water partition coefficient (Wildman–Crippen LogP) is 5.03. The normalized spacial score (nSPS) is 19.9. The average molecular weight is 262 g/mol. The van der Waals surface area contributed by atoms with Crippen molar-refractivity contribution in [2.45, 2.75) is 12.8 Å². The molecule has 0 saturated heterocycles. The molecule has 0 aromatic heterocycles. The molecule has 2 nitrogen and oxygen atoms in total. The van der Waals surface area contributed by atoms with E-state index < -0.39 is 0 Å². The third kappa shape index (κ3) is 2.59. The van der Waals surface area contributed by atoms with E-state index in [2.05, 4.69) is 60.0 Å². The molecular weight excluding hydrogens is 244 g/mol. The number of allylic oxidation sites excluding steroid dienone is 3. The van der Waals surface area contributed by atoms with E-state index in [1.165, 1.54) is 5.56 Å². The van der Waals surface area contributed by atoms with Crippen LogP contribution in [-0.2, 0) is 0 Å². The number of rotatable bonds is 2. The topological polar surface area (TPSA) is 24.1 Å². The van der Waals surface area contributed by atoms with Gasteiger partial charge in [0.25, 0.3) is 0 Å². The maximum Gasteiger partial charge on any atom is 0.0443 e. The van der Waals surface area contributed by atoms with Gasteiger partial charge in [-0.2, -0.15) is 0 Å². The molecule has 2 N–H and O–H groups in total. The second-order valence-corrected chi connectivity index (χ2v) is 4.93. The summed E-state index contributed by atoms with van der Waals surface area (Å²) in [6.45, 7) is 2.21. The van der Waals surface area contributed by atoms with Crippen molar-refractivity contribution in [1.29, 1.82) is 0 Å². The average Bonchev–Trinajstić information content (AvgIpc) is 2.46. The molecule has 2 heteroatoms. The van der Waals surface area contributed by atoms with Gasteiger partial charge < -0.3 is 10.6 Å². The van der Waals surface area contributed by atoms with Crippen molar-refractivity contribution in [1.82, 2.24) is 0 Å². The zero-order valence-electron chi connectivity index (χ0n) is 11.5. The van der Waals surface area contributed by atoms with Crippen LogP contribution in [0.4, 0.5) is 17.1 Å². The van der Waals surface area contributed by atoms with Crippen molar-refractivity contribution in [2.24, 2.45) is 0 Å². The molecule has 100 valence electrons. The molecule has 2 aromatic rings. The van der Waals surface area contributed by atoms with E-state index in [4.69, 9.17) is 0 Å². The van der Waals surface area contributed by atoms with Gasteiger partial charge >= 0.3 is 0 Å². The predicted molar refractivity (Wildman–Crippen MR) is 86.5 cm³/mol. The Hall–Kier alpha value is -2.48. The molecule has 3 rings (SSSR count). The molecule has 0 radical (unpaired) electrons. The van der Waals surface area contributed by atoms with Gasteiger partial charge in [-0.15, -0.1) is 0 Å². The van der Waals surface area contributed by atoms with Crippen LogP contribution in [0.3, 0.4) is 0 Å². The number of anilines is 3. The van der Waals surface area contributed by atoms with Gasteiger partial charge in [0.15, 0.2) is 0 Å². The van der Waals surface area contributed by atoms with Crippen LogP contribution in [0, 0.1) is 0 Å². The molecule has 0 amide bonds. The quantitative estimate of drug-likeness (QED) is 0.793. The van der Waals surface area contributed by atoms with Crippen molar-refractivity contribution in [2.75, 3.05) is 10.6 Å². The third-order valence-corrected chi connectivity index (χ3v) is 3.46. The van der Waals surface area contributed by atoms with Crippen molar-refractivity contribution in [3.63, 3.8) is 0 Å². The number of para-hydroxylation sites is 1. The molecule has 1 heterocycles. The first-order chi connectivity index (χ1) is 9.84. The van der Waals surface area contributed by atoms with Crippen molar-refractivity contribution >= 4 is 17.1 Å². The summed E-state index contributed by atoms with van der Waals surface area (Å²) in [5.74, 6) is 0.356. The highest BCUT2D eigenvalue weighted by atomic mass is 14.9. The Morgan fingerprint density at radius 3 is 2.65 bits per heavy atom. The fourth-order valence-corrected chi connectivity index (χ4v) is 2.49. The highest BCUT2D eigenvalue weighted by Crippen LogP contribution is 2.35. The molecule has 0 saturated carbocycles. The van der Waals surface area contributed by atoms with E-state index in [0.29, 0.717) is 5.92 Å². The summed E-state index contributed by atoms with van der Waals surface area (Å²) in [7, 11) is 0. The number of hydrogen-bond donors (Lipinski definition) is 2. The molecule has 0 fully saturated rings. The van der Waals surface area contributed by atoms with Gasteiger partial charge in [-0.1, -0.05) is 43.3 Å². The molecule has 0 spiro atoms. The van der Waals surface area contributed by atoms with E-state index in [0.717, 1.165) is 17.1 Å². The van der Waals surface area contributed by atoms with Crippen molar-refractivity contribution in [3.8, 4) is 0 Å². The Labute approximate surface area is 119 Å². The molecule has 1 aliphatic heterocycles. The van der Waals surface area contributed by atoms with Crippen LogP contribution in [0.5, 0.6) is 0 Å². The number of hydrogen-bond acceptors (Lipinski definition) is 2. The number of fused-ring (bicyclic) bond motifs is 1. The first-order valence-corrected chi connectivity index (χ1v) is 6.89. The Balaban J connectivity index is 2.02. The van der Waals surface area contributed by atoms with Gasteiger partial charge in [0, 0.05) is 34.7 Å². The summed E-state index contributed by atoms with van der Waals surface area (Å²) in [5, 5.41) is 6.86. The second-order valence-electron chi connectivity index (χ2n) is 4.93. The third-order valence-electron chi connectivity index (χ3n) is 3.46. The Bertz CT molecular complexity index is 642. The largest absolute Gasteiger partial charge is 0.361 e. The highest BCUT2D eigenvalue weighted by molar-refractivity contribution is 5.73. The first-order valence-electron chi connectivity index (χ1n) is 6.89. The van der Waals surface area contributed by atoms with Crippen LogP contribution in [0.1, 0.15) is 18.4 Å². The van der Waals surface area contributed by atoms with Gasteiger partial charge in [0.1, 0.15) is 0 Å². The fraction of sp³-hybridized carbons (Fsp3) is 0.111.